The van der Waals surface area contributed by atoms with E-state index in [-0.39, 0.29) is 16.3 Å². The third-order valence-electron chi connectivity index (χ3n) is 2.56. The molecule has 0 radical (unpaired) electrons. The van der Waals surface area contributed by atoms with Crippen LogP contribution in [-0.2, 0) is 14.6 Å². The molecule has 1 aromatic carbocycles. The maximum Gasteiger partial charge on any atom is 0.339 e. The minimum absolute atomic E-state index is 0.133. The lowest BCUT2D eigenvalue weighted by molar-refractivity contribution is 0.0601. The first kappa shape index (κ1) is 18.2. The van der Waals surface area contributed by atoms with Crippen molar-refractivity contribution in [2.45, 2.75) is 13.0 Å². The highest BCUT2D eigenvalue weighted by molar-refractivity contribution is 7.90. The molecule has 0 bridgehead atoms. The Balaban J connectivity index is 2.69. The van der Waals surface area contributed by atoms with E-state index in [0.717, 1.165) is 6.26 Å². The van der Waals surface area contributed by atoms with Gasteiger partial charge in [-0.25, -0.2) is 18.0 Å². The molecule has 0 aliphatic rings. The van der Waals surface area contributed by atoms with Crippen LogP contribution in [0.2, 0.25) is 5.02 Å². The lowest BCUT2D eigenvalue weighted by Gasteiger charge is -2.14. The number of urea groups is 1. The van der Waals surface area contributed by atoms with Crippen LogP contribution in [0, 0.1) is 0 Å². The van der Waals surface area contributed by atoms with E-state index in [1.165, 1.54) is 25.3 Å². The molecule has 0 saturated heterocycles. The molecule has 1 aromatic rings. The van der Waals surface area contributed by atoms with E-state index in [2.05, 4.69) is 15.4 Å². The zero-order chi connectivity index (χ0) is 16.9. The summed E-state index contributed by atoms with van der Waals surface area (Å²) in [7, 11) is -1.94. The van der Waals surface area contributed by atoms with Gasteiger partial charge in [-0.3, -0.25) is 0 Å². The van der Waals surface area contributed by atoms with E-state index >= 15 is 0 Å². The van der Waals surface area contributed by atoms with Crippen LogP contribution in [0.4, 0.5) is 10.5 Å². The smallest absolute Gasteiger partial charge is 0.339 e. The van der Waals surface area contributed by atoms with Crippen LogP contribution in [0.25, 0.3) is 0 Å². The van der Waals surface area contributed by atoms with Gasteiger partial charge in [-0.2, -0.15) is 0 Å². The SMILES string of the molecule is COC(=O)c1ccc(NC(=O)N[C@H](C)CS(C)(=O)=O)cc1Cl. The Hall–Kier alpha value is -1.80. The van der Waals surface area contributed by atoms with Gasteiger partial charge in [0.2, 0.25) is 0 Å². The van der Waals surface area contributed by atoms with Gasteiger partial charge in [0.15, 0.2) is 0 Å². The van der Waals surface area contributed by atoms with Gasteiger partial charge in [0.1, 0.15) is 9.84 Å². The third kappa shape index (κ3) is 5.90. The molecular formula is C13H17ClN2O5S. The molecule has 1 rings (SSSR count). The fourth-order valence-corrected chi connectivity index (χ4v) is 3.00. The number of sulfone groups is 1. The fraction of sp³-hybridized carbons (Fsp3) is 0.385. The second-order valence-corrected chi connectivity index (χ2v) is 7.37. The number of carbonyl (C=O) groups excluding carboxylic acids is 2. The van der Waals surface area contributed by atoms with Gasteiger partial charge < -0.3 is 15.4 Å². The lowest BCUT2D eigenvalue weighted by Crippen LogP contribution is -2.39. The molecule has 7 nitrogen and oxygen atoms in total. The van der Waals surface area contributed by atoms with E-state index in [4.69, 9.17) is 11.6 Å². The Bertz CT molecular complexity index is 675. The third-order valence-corrected chi connectivity index (χ3v) is 3.98. The molecule has 0 aliphatic carbocycles. The molecule has 1 atom stereocenters. The predicted molar refractivity (Wildman–Crippen MR) is 84.1 cm³/mol. The molecule has 0 aromatic heterocycles. The van der Waals surface area contributed by atoms with Crippen molar-refractivity contribution >= 4 is 39.1 Å². The molecule has 0 spiro atoms. The number of nitrogens with one attached hydrogen (secondary N) is 2. The Labute approximate surface area is 133 Å². The number of benzene rings is 1. The quantitative estimate of drug-likeness (QED) is 0.788. The number of hydrogen-bond acceptors (Lipinski definition) is 5. The molecule has 2 amide bonds. The van der Waals surface area contributed by atoms with Crippen molar-refractivity contribution in [2.24, 2.45) is 0 Å². The standard InChI is InChI=1S/C13H17ClN2O5S/c1-8(7-22(3,19)20)15-13(18)16-9-4-5-10(11(14)6-9)12(17)21-2/h4-6,8H,7H2,1-3H3,(H2,15,16,18)/t8-/m1/s1. The van der Waals surface area contributed by atoms with Crippen molar-refractivity contribution in [1.29, 1.82) is 0 Å². The fourth-order valence-electron chi connectivity index (χ4n) is 1.76. The molecular weight excluding hydrogens is 332 g/mol. The first-order valence-electron chi connectivity index (χ1n) is 6.25. The molecule has 0 unspecified atom stereocenters. The first-order valence-corrected chi connectivity index (χ1v) is 8.69. The molecule has 2 N–H and O–H groups in total. The summed E-state index contributed by atoms with van der Waals surface area (Å²) in [6, 6.07) is 3.19. The highest BCUT2D eigenvalue weighted by atomic mass is 35.5. The number of carbonyl (C=O) groups is 2. The predicted octanol–water partition coefficient (Wildman–Crippen LogP) is 1.68. The van der Waals surface area contributed by atoms with E-state index in [1.54, 1.807) is 6.92 Å². The van der Waals surface area contributed by atoms with E-state index < -0.39 is 27.9 Å². The van der Waals surface area contributed by atoms with Crippen LogP contribution >= 0.6 is 11.6 Å². The van der Waals surface area contributed by atoms with Gasteiger partial charge >= 0.3 is 12.0 Å². The average Bonchev–Trinajstić information content (AvgIpc) is 2.35. The van der Waals surface area contributed by atoms with E-state index in [1.807, 2.05) is 0 Å². The van der Waals surface area contributed by atoms with Crippen LogP contribution in [0.1, 0.15) is 17.3 Å². The van der Waals surface area contributed by atoms with E-state index in [9.17, 15) is 18.0 Å². The maximum atomic E-state index is 11.7. The van der Waals surface area contributed by atoms with Crippen molar-refractivity contribution in [3.63, 3.8) is 0 Å². The van der Waals surface area contributed by atoms with Crippen LogP contribution in [0.15, 0.2) is 18.2 Å². The van der Waals surface area contributed by atoms with Crippen LogP contribution < -0.4 is 10.6 Å². The summed E-state index contributed by atoms with van der Waals surface area (Å²) < 4.78 is 26.8. The van der Waals surface area contributed by atoms with E-state index in [0.29, 0.717) is 5.69 Å². The monoisotopic (exact) mass is 348 g/mol. The normalized spacial score (nSPS) is 12.4. The average molecular weight is 349 g/mol. The molecule has 0 saturated carbocycles. The van der Waals surface area contributed by atoms with Gasteiger partial charge in [-0.1, -0.05) is 11.6 Å². The van der Waals surface area contributed by atoms with Crippen LogP contribution in [-0.4, -0.2) is 45.6 Å². The molecule has 0 heterocycles. The van der Waals surface area contributed by atoms with Crippen molar-refractivity contribution in [3.05, 3.63) is 28.8 Å². The Morgan fingerprint density at radius 1 is 1.36 bits per heavy atom. The highest BCUT2D eigenvalue weighted by Gasteiger charge is 2.15. The number of hydrogen-bond donors (Lipinski definition) is 2. The Kier molecular flexibility index (Phi) is 6.19. The summed E-state index contributed by atoms with van der Waals surface area (Å²) >= 11 is 5.93. The van der Waals surface area contributed by atoms with Crippen LogP contribution in [0.5, 0.6) is 0 Å². The second kappa shape index (κ2) is 7.46. The summed E-state index contributed by atoms with van der Waals surface area (Å²) in [6.07, 6.45) is 1.09. The number of esters is 1. The van der Waals surface area contributed by atoms with Crippen molar-refractivity contribution in [3.8, 4) is 0 Å². The van der Waals surface area contributed by atoms with Gasteiger partial charge in [0.25, 0.3) is 0 Å². The minimum Gasteiger partial charge on any atom is -0.465 e. The molecule has 22 heavy (non-hydrogen) atoms. The topological polar surface area (TPSA) is 102 Å². The number of methoxy groups -OCH3 is 1. The molecule has 122 valence electrons. The molecule has 9 heteroatoms. The molecule has 0 fully saturated rings. The first-order chi connectivity index (χ1) is 10.1. The van der Waals surface area contributed by atoms with Crippen molar-refractivity contribution in [1.82, 2.24) is 5.32 Å². The number of anilines is 1. The van der Waals surface area contributed by atoms with Gasteiger partial charge in [0.05, 0.1) is 23.4 Å². The number of rotatable bonds is 5. The summed E-state index contributed by atoms with van der Waals surface area (Å²) in [5.74, 6) is -0.745. The summed E-state index contributed by atoms with van der Waals surface area (Å²) in [5, 5.41) is 5.12. The van der Waals surface area contributed by atoms with Gasteiger partial charge in [0, 0.05) is 18.0 Å². The Morgan fingerprint density at radius 3 is 2.50 bits per heavy atom. The summed E-state index contributed by atoms with van der Waals surface area (Å²) in [6.45, 7) is 1.58. The lowest BCUT2D eigenvalue weighted by atomic mass is 10.2. The number of amides is 2. The largest absolute Gasteiger partial charge is 0.465 e. The maximum absolute atomic E-state index is 11.7. The van der Waals surface area contributed by atoms with Gasteiger partial charge in [-0.05, 0) is 25.1 Å². The van der Waals surface area contributed by atoms with Crippen molar-refractivity contribution < 1.29 is 22.7 Å². The summed E-state index contributed by atoms with van der Waals surface area (Å²) in [5.41, 5.74) is 0.544. The number of ether oxygens (including phenoxy) is 1. The Morgan fingerprint density at radius 2 is 2.00 bits per heavy atom. The zero-order valence-electron chi connectivity index (χ0n) is 12.3. The zero-order valence-corrected chi connectivity index (χ0v) is 13.9. The second-order valence-electron chi connectivity index (χ2n) is 4.78. The number of halogens is 1. The van der Waals surface area contributed by atoms with Crippen LogP contribution in [0.3, 0.4) is 0 Å². The molecule has 0 aliphatic heterocycles. The highest BCUT2D eigenvalue weighted by Crippen LogP contribution is 2.21. The van der Waals surface area contributed by atoms with Gasteiger partial charge in [-0.15, -0.1) is 0 Å². The summed E-state index contributed by atoms with van der Waals surface area (Å²) in [4.78, 5) is 23.1. The minimum atomic E-state index is -3.18. The van der Waals surface area contributed by atoms with Crippen molar-refractivity contribution in [2.75, 3.05) is 24.4 Å².